The van der Waals surface area contributed by atoms with Gasteiger partial charge in [-0.05, 0) is 51.0 Å². The maximum atomic E-state index is 15.3. The molecule has 3 fully saturated rings. The number of nitrogens with zero attached hydrogens (tertiary/aromatic N) is 1. The van der Waals surface area contributed by atoms with Gasteiger partial charge in [0.2, 0.25) is 0 Å². The first-order valence-electron chi connectivity index (χ1n) is 12.7. The minimum Gasteiger partial charge on any atom is -0.455 e. The number of Topliss-reactive ketones (excluding diaryl/α,β-unsaturated/α-hetero) is 1. The molecule has 2 aliphatic heterocycles. The van der Waals surface area contributed by atoms with E-state index in [4.69, 9.17) is 21.1 Å². The summed E-state index contributed by atoms with van der Waals surface area (Å²) in [6.07, 6.45) is 0.302. The van der Waals surface area contributed by atoms with E-state index in [0.717, 1.165) is 11.4 Å². The van der Waals surface area contributed by atoms with Crippen LogP contribution in [-0.4, -0.2) is 56.4 Å². The smallest absolute Gasteiger partial charge is 0.309 e. The summed E-state index contributed by atoms with van der Waals surface area (Å²) in [5.74, 6) is -2.58. The van der Waals surface area contributed by atoms with Crippen molar-refractivity contribution in [1.82, 2.24) is 4.98 Å². The number of cyclic esters (lactones) is 1. The predicted octanol–water partition coefficient (Wildman–Crippen LogP) is 4.71. The zero-order valence-corrected chi connectivity index (χ0v) is 22.5. The molecule has 0 amide bonds. The van der Waals surface area contributed by atoms with E-state index in [-0.39, 0.29) is 18.1 Å². The van der Waals surface area contributed by atoms with Crippen LogP contribution in [0.25, 0.3) is 6.08 Å². The van der Waals surface area contributed by atoms with E-state index in [9.17, 15) is 19.8 Å². The molecule has 0 aromatic carbocycles. The molecule has 7 atom stereocenters. The molecule has 10 heteroatoms. The van der Waals surface area contributed by atoms with Gasteiger partial charge in [0.25, 0.3) is 0 Å². The molecule has 3 aliphatic rings. The van der Waals surface area contributed by atoms with Crippen LogP contribution in [0.2, 0.25) is 0 Å². The van der Waals surface area contributed by atoms with Gasteiger partial charge in [-0.25, -0.2) is 9.37 Å². The second kappa shape index (κ2) is 10.8. The summed E-state index contributed by atoms with van der Waals surface area (Å²) in [5.41, 5.74) is -0.670. The summed E-state index contributed by atoms with van der Waals surface area (Å²) in [7, 11) is 0. The highest BCUT2D eigenvalue weighted by molar-refractivity contribution is 7.09. The Bertz CT molecular complexity index is 1010. The Morgan fingerprint density at radius 1 is 1.25 bits per heavy atom. The van der Waals surface area contributed by atoms with Gasteiger partial charge < -0.3 is 19.7 Å². The number of hydrogen-bond acceptors (Lipinski definition) is 8. The summed E-state index contributed by atoms with van der Waals surface area (Å²) < 4.78 is 26.5. The highest BCUT2D eigenvalue weighted by Crippen LogP contribution is 2.50. The van der Waals surface area contributed by atoms with Crippen molar-refractivity contribution in [2.24, 2.45) is 17.3 Å². The van der Waals surface area contributed by atoms with Crippen molar-refractivity contribution in [3.63, 3.8) is 0 Å². The summed E-state index contributed by atoms with van der Waals surface area (Å²) in [4.78, 5) is 30.5. The SMILES string of the molecule is Cc1nc(C=C(F)[C@@H]2C[C@@H]3O[C@]3(Cl)CCC[C@H](C)[C@H](O)[C@@H](C)C(=O)C3(CCC3)[C@@H](O)CC(=O)O2)cs1. The van der Waals surface area contributed by atoms with Gasteiger partial charge in [-0.2, -0.15) is 0 Å². The van der Waals surface area contributed by atoms with Crippen LogP contribution in [0, 0.1) is 24.2 Å². The van der Waals surface area contributed by atoms with E-state index in [1.54, 1.807) is 12.3 Å². The number of fused-ring (bicyclic) bond motifs is 1. The van der Waals surface area contributed by atoms with Gasteiger partial charge in [0.15, 0.2) is 11.2 Å². The number of aliphatic hydroxyl groups is 2. The van der Waals surface area contributed by atoms with Gasteiger partial charge in [-0.15, -0.1) is 11.3 Å². The molecule has 2 N–H and O–H groups in total. The molecule has 3 heterocycles. The zero-order chi connectivity index (χ0) is 26.3. The Morgan fingerprint density at radius 3 is 2.58 bits per heavy atom. The number of ether oxygens (including phenoxy) is 2. The minimum absolute atomic E-state index is 0.0239. The van der Waals surface area contributed by atoms with Crippen molar-refractivity contribution in [3.8, 4) is 0 Å². The summed E-state index contributed by atoms with van der Waals surface area (Å²) >= 11 is 7.97. The average molecular weight is 544 g/mol. The number of alkyl halides is 1. The molecule has 1 saturated carbocycles. The van der Waals surface area contributed by atoms with Gasteiger partial charge in [0.05, 0.1) is 34.7 Å². The normalized spacial score (nSPS) is 38.2. The molecule has 1 aromatic heterocycles. The number of rotatable bonds is 2. The van der Waals surface area contributed by atoms with Crippen LogP contribution < -0.4 is 0 Å². The summed E-state index contributed by atoms with van der Waals surface area (Å²) in [6.45, 7) is 5.38. The standard InChI is InChI=1S/C26H35ClFNO6S/c1-14-6-4-9-26(27)21(35-26)11-19(18(28)10-17-13-36-16(3)29-17)34-22(31)12-20(30)25(7-5-8-25)24(33)15(2)23(14)32/h10,13-15,19-21,23,30,32H,4-9,11-12H2,1-3H3/t14-,15+,19-,20-,21-,23-,26+/m0/s1. The fourth-order valence-electron chi connectivity index (χ4n) is 5.54. The average Bonchev–Trinajstić information content (AvgIpc) is 3.22. The Hall–Kier alpha value is -1.39. The molecule has 7 nitrogen and oxygen atoms in total. The van der Waals surface area contributed by atoms with Crippen molar-refractivity contribution in [2.75, 3.05) is 0 Å². The molecule has 200 valence electrons. The number of epoxide rings is 1. The quantitative estimate of drug-likeness (QED) is 0.316. The number of aliphatic hydroxyl groups excluding tert-OH is 2. The number of esters is 1. The van der Waals surface area contributed by atoms with Crippen molar-refractivity contribution in [3.05, 3.63) is 21.9 Å². The Labute approximate surface area is 220 Å². The molecule has 2 saturated heterocycles. The van der Waals surface area contributed by atoms with Crippen LogP contribution in [0.1, 0.15) is 75.9 Å². The molecular formula is C26H35ClFNO6S. The second-order valence-corrected chi connectivity index (χ2v) is 12.4. The molecule has 1 aromatic rings. The Kier molecular flexibility index (Phi) is 8.27. The number of aromatic nitrogens is 1. The van der Waals surface area contributed by atoms with Gasteiger partial charge in [0.1, 0.15) is 17.7 Å². The number of aryl methyl sites for hydroxylation is 1. The fourth-order valence-corrected chi connectivity index (χ4v) is 6.44. The summed E-state index contributed by atoms with van der Waals surface area (Å²) in [5, 5.41) is 23.4. The molecule has 0 radical (unpaired) electrons. The zero-order valence-electron chi connectivity index (χ0n) is 20.9. The molecule has 1 aliphatic carbocycles. The van der Waals surface area contributed by atoms with Crippen molar-refractivity contribution in [2.45, 2.75) is 102 Å². The van der Waals surface area contributed by atoms with E-state index in [2.05, 4.69) is 4.98 Å². The number of carbonyl (C=O) groups excluding carboxylic acids is 2. The lowest BCUT2D eigenvalue weighted by molar-refractivity contribution is -0.162. The largest absolute Gasteiger partial charge is 0.455 e. The van der Waals surface area contributed by atoms with Crippen molar-refractivity contribution in [1.29, 1.82) is 0 Å². The molecule has 0 bridgehead atoms. The third-order valence-corrected chi connectivity index (χ3v) is 9.43. The van der Waals surface area contributed by atoms with Gasteiger partial charge in [-0.1, -0.05) is 31.9 Å². The van der Waals surface area contributed by atoms with E-state index >= 15 is 4.39 Å². The summed E-state index contributed by atoms with van der Waals surface area (Å²) in [6, 6.07) is 0. The number of carbonyl (C=O) groups is 2. The Morgan fingerprint density at radius 2 is 1.97 bits per heavy atom. The monoisotopic (exact) mass is 543 g/mol. The Balaban J connectivity index is 1.58. The first-order valence-corrected chi connectivity index (χ1v) is 14.0. The van der Waals surface area contributed by atoms with Gasteiger partial charge in [-0.3, -0.25) is 9.59 Å². The first kappa shape index (κ1) is 27.6. The predicted molar refractivity (Wildman–Crippen MR) is 134 cm³/mol. The van der Waals surface area contributed by atoms with Crippen LogP contribution in [0.5, 0.6) is 0 Å². The second-order valence-electron chi connectivity index (χ2n) is 10.7. The third-order valence-electron chi connectivity index (χ3n) is 8.11. The van der Waals surface area contributed by atoms with Crippen LogP contribution in [-0.2, 0) is 19.1 Å². The first-order chi connectivity index (χ1) is 16.9. The molecule has 0 unspecified atom stereocenters. The van der Waals surface area contributed by atoms with Gasteiger partial charge >= 0.3 is 5.97 Å². The van der Waals surface area contributed by atoms with Crippen molar-refractivity contribution >= 4 is 40.8 Å². The lowest BCUT2D eigenvalue weighted by atomic mass is 9.58. The van der Waals surface area contributed by atoms with Crippen molar-refractivity contribution < 1.29 is 33.7 Å². The number of ketones is 1. The topological polar surface area (TPSA) is 109 Å². The highest BCUT2D eigenvalue weighted by atomic mass is 35.5. The van der Waals surface area contributed by atoms with E-state index in [0.29, 0.717) is 37.8 Å². The molecular weight excluding hydrogens is 509 g/mol. The van der Waals surface area contributed by atoms with E-state index in [1.807, 2.05) is 13.8 Å². The van der Waals surface area contributed by atoms with Crippen LogP contribution in [0.3, 0.4) is 0 Å². The molecule has 36 heavy (non-hydrogen) atoms. The van der Waals surface area contributed by atoms with E-state index < -0.39 is 59.0 Å². The third kappa shape index (κ3) is 5.70. The van der Waals surface area contributed by atoms with Crippen LogP contribution >= 0.6 is 22.9 Å². The highest BCUT2D eigenvalue weighted by Gasteiger charge is 2.56. The minimum atomic E-state index is -1.28. The van der Waals surface area contributed by atoms with Gasteiger partial charge in [0, 0.05) is 17.7 Å². The number of hydrogen-bond donors (Lipinski definition) is 2. The lowest BCUT2D eigenvalue weighted by Gasteiger charge is -2.46. The number of thiazole rings is 1. The fraction of sp³-hybridized carbons (Fsp3) is 0.731. The van der Waals surface area contributed by atoms with Crippen LogP contribution in [0.15, 0.2) is 11.2 Å². The maximum Gasteiger partial charge on any atom is 0.309 e. The van der Waals surface area contributed by atoms with E-state index in [1.165, 1.54) is 17.4 Å². The lowest BCUT2D eigenvalue weighted by Crippen LogP contribution is -2.53. The van der Waals surface area contributed by atoms with Crippen LogP contribution in [0.4, 0.5) is 4.39 Å². The maximum absolute atomic E-state index is 15.3. The molecule has 4 rings (SSSR count). The number of halogens is 2. The molecule has 1 spiro atoms.